The van der Waals surface area contributed by atoms with Crippen LogP contribution >= 0.6 is 8.19 Å². The first-order chi connectivity index (χ1) is 10.7. The molecule has 108 valence electrons. The van der Waals surface area contributed by atoms with Crippen LogP contribution in [0.5, 0.6) is 17.2 Å². The first-order valence-electron chi connectivity index (χ1n) is 6.97. The van der Waals surface area contributed by atoms with Gasteiger partial charge in [-0.1, -0.05) is 38.5 Å². The Morgan fingerprint density at radius 2 is 1.73 bits per heavy atom. The zero-order chi connectivity index (χ0) is 15.1. The normalized spacial score (nSPS) is 15.9. The molecule has 1 aliphatic heterocycles. The van der Waals surface area contributed by atoms with E-state index in [4.69, 9.17) is 4.74 Å². The molecular weight excluding hydrogens is 295 g/mol. The van der Waals surface area contributed by atoms with E-state index in [9.17, 15) is 10.2 Å². The molecule has 0 bridgehead atoms. The maximum absolute atomic E-state index is 10.2. The molecular formula is C18H13O3P. The molecule has 0 spiro atoms. The van der Waals surface area contributed by atoms with Gasteiger partial charge in [-0.15, -0.1) is 0 Å². The highest BCUT2D eigenvalue weighted by Crippen LogP contribution is 2.49. The third-order valence-corrected chi connectivity index (χ3v) is 4.88. The summed E-state index contributed by atoms with van der Waals surface area (Å²) in [7, 11) is 1.04. The van der Waals surface area contributed by atoms with Crippen molar-refractivity contribution in [2.45, 2.75) is 6.10 Å². The molecule has 1 aromatic heterocycles. The average Bonchev–Trinajstić information content (AvgIpc) is 2.56. The van der Waals surface area contributed by atoms with Gasteiger partial charge < -0.3 is 14.9 Å². The van der Waals surface area contributed by atoms with Gasteiger partial charge in [0.25, 0.3) is 0 Å². The van der Waals surface area contributed by atoms with Crippen LogP contribution in [-0.4, -0.2) is 10.2 Å². The van der Waals surface area contributed by atoms with Crippen molar-refractivity contribution >= 4 is 8.19 Å². The van der Waals surface area contributed by atoms with E-state index in [1.165, 1.54) is 12.1 Å². The number of phenolic OH excluding ortho intramolecular Hbond substituents is 2. The molecule has 1 aliphatic rings. The average molecular weight is 308 g/mol. The van der Waals surface area contributed by atoms with Gasteiger partial charge in [0.2, 0.25) is 0 Å². The monoisotopic (exact) mass is 308 g/mol. The summed E-state index contributed by atoms with van der Waals surface area (Å²) < 4.78 is 6.13. The topological polar surface area (TPSA) is 49.7 Å². The second-order valence-corrected chi connectivity index (χ2v) is 6.21. The van der Waals surface area contributed by atoms with Crippen molar-refractivity contribution in [2.24, 2.45) is 0 Å². The number of benzene rings is 2. The Morgan fingerprint density at radius 3 is 2.64 bits per heavy atom. The van der Waals surface area contributed by atoms with Gasteiger partial charge in [-0.3, -0.25) is 0 Å². The standard InChI is InChI=1S/C18H13O3P/c19-11-7-8-15(20)14(10-11)17-18-13(5-3-9-22-18)12-4-1-2-6-16(12)21-17/h1-10,17,19-20H. The first kappa shape index (κ1) is 13.2. The van der Waals surface area contributed by atoms with Gasteiger partial charge in [0, 0.05) is 16.4 Å². The lowest BCUT2D eigenvalue weighted by molar-refractivity contribution is 0.241. The van der Waals surface area contributed by atoms with Gasteiger partial charge in [-0.05, 0) is 35.6 Å². The molecule has 2 N–H and O–H groups in total. The minimum Gasteiger partial charge on any atom is -0.508 e. The Morgan fingerprint density at radius 1 is 0.909 bits per heavy atom. The lowest BCUT2D eigenvalue weighted by Crippen LogP contribution is -2.14. The molecule has 1 unspecified atom stereocenters. The fourth-order valence-electron chi connectivity index (χ4n) is 2.79. The number of phenols is 2. The molecule has 0 saturated carbocycles. The van der Waals surface area contributed by atoms with Crippen molar-refractivity contribution in [3.8, 4) is 28.4 Å². The van der Waals surface area contributed by atoms with Crippen LogP contribution in [-0.2, 0) is 0 Å². The first-order valence-corrected chi connectivity index (χ1v) is 7.93. The molecule has 0 aliphatic carbocycles. The number of hydrogen-bond donors (Lipinski definition) is 2. The Bertz CT molecular complexity index is 860. The number of aromatic hydroxyl groups is 2. The fourth-order valence-corrected chi connectivity index (χ4v) is 3.79. The maximum Gasteiger partial charge on any atom is 0.157 e. The van der Waals surface area contributed by atoms with Gasteiger partial charge in [0.05, 0.1) is 0 Å². The summed E-state index contributed by atoms with van der Waals surface area (Å²) in [6.07, 6.45) is -0.403. The Hall–Kier alpha value is -2.51. The minimum atomic E-state index is -0.403. The highest BCUT2D eigenvalue weighted by atomic mass is 31.0. The lowest BCUT2D eigenvalue weighted by atomic mass is 9.95. The summed E-state index contributed by atoms with van der Waals surface area (Å²) in [6, 6.07) is 16.5. The fraction of sp³-hybridized carbons (Fsp3) is 0.0556. The molecule has 2 heterocycles. The zero-order valence-electron chi connectivity index (χ0n) is 11.6. The molecule has 4 heteroatoms. The second-order valence-electron chi connectivity index (χ2n) is 5.17. The molecule has 3 nitrogen and oxygen atoms in total. The van der Waals surface area contributed by atoms with Gasteiger partial charge in [-0.2, -0.15) is 0 Å². The highest BCUT2D eigenvalue weighted by molar-refractivity contribution is 7.30. The van der Waals surface area contributed by atoms with Crippen LogP contribution in [0.15, 0.2) is 60.4 Å². The molecule has 4 rings (SSSR count). The summed E-state index contributed by atoms with van der Waals surface area (Å²) in [5.74, 6) is 3.07. The molecule has 0 fully saturated rings. The van der Waals surface area contributed by atoms with Crippen LogP contribution in [0, 0.1) is 0 Å². The van der Waals surface area contributed by atoms with Crippen LogP contribution < -0.4 is 4.74 Å². The van der Waals surface area contributed by atoms with E-state index in [2.05, 4.69) is 6.07 Å². The Labute approximate surface area is 129 Å². The summed E-state index contributed by atoms with van der Waals surface area (Å²) in [4.78, 5) is 0. The van der Waals surface area contributed by atoms with Crippen molar-refractivity contribution < 1.29 is 14.9 Å². The van der Waals surface area contributed by atoms with Crippen LogP contribution in [0.1, 0.15) is 17.0 Å². The number of ether oxygens (including phenoxy) is 1. The zero-order valence-corrected chi connectivity index (χ0v) is 12.5. The molecule has 0 amide bonds. The van der Waals surface area contributed by atoms with Crippen molar-refractivity contribution in [3.05, 3.63) is 71.3 Å². The van der Waals surface area contributed by atoms with E-state index >= 15 is 0 Å². The SMILES string of the molecule is Oc1ccc(O)c(C2Oc3ccccc3-c3cccpc32)c1. The summed E-state index contributed by atoms with van der Waals surface area (Å²) >= 11 is 0. The van der Waals surface area contributed by atoms with Crippen molar-refractivity contribution in [1.29, 1.82) is 0 Å². The molecule has 1 atom stereocenters. The highest BCUT2D eigenvalue weighted by Gasteiger charge is 2.29. The van der Waals surface area contributed by atoms with Crippen LogP contribution in [0.4, 0.5) is 0 Å². The Kier molecular flexibility index (Phi) is 3.02. The molecule has 2 aromatic carbocycles. The van der Waals surface area contributed by atoms with Crippen LogP contribution in [0.25, 0.3) is 11.1 Å². The van der Waals surface area contributed by atoms with E-state index in [-0.39, 0.29) is 11.5 Å². The van der Waals surface area contributed by atoms with Crippen LogP contribution in [0.2, 0.25) is 0 Å². The second kappa shape index (κ2) is 5.04. The number of hydrogen-bond acceptors (Lipinski definition) is 3. The maximum atomic E-state index is 10.2. The van der Waals surface area contributed by atoms with Gasteiger partial charge in [0.1, 0.15) is 17.2 Å². The van der Waals surface area contributed by atoms with Gasteiger partial charge in [-0.25, -0.2) is 0 Å². The third-order valence-electron chi connectivity index (χ3n) is 3.80. The third kappa shape index (κ3) is 2.02. The molecule has 3 aromatic rings. The van der Waals surface area contributed by atoms with E-state index < -0.39 is 6.10 Å². The summed E-state index contributed by atoms with van der Waals surface area (Å²) in [6.45, 7) is 0. The van der Waals surface area contributed by atoms with Crippen molar-refractivity contribution in [1.82, 2.24) is 0 Å². The smallest absolute Gasteiger partial charge is 0.157 e. The molecule has 0 saturated heterocycles. The summed E-state index contributed by atoms with van der Waals surface area (Å²) in [5, 5.41) is 21.0. The number of fused-ring (bicyclic) bond motifs is 3. The van der Waals surface area contributed by atoms with E-state index in [0.29, 0.717) is 5.56 Å². The summed E-state index contributed by atoms with van der Waals surface area (Å²) in [5.41, 5.74) is 2.77. The Balaban J connectivity index is 1.95. The quantitative estimate of drug-likeness (QED) is 0.633. The van der Waals surface area contributed by atoms with Crippen molar-refractivity contribution in [2.75, 3.05) is 0 Å². The van der Waals surface area contributed by atoms with Gasteiger partial charge in [0.15, 0.2) is 6.10 Å². The number of rotatable bonds is 1. The molecule has 22 heavy (non-hydrogen) atoms. The largest absolute Gasteiger partial charge is 0.508 e. The van der Waals surface area contributed by atoms with E-state index in [1.54, 1.807) is 6.07 Å². The lowest BCUT2D eigenvalue weighted by Gasteiger charge is -2.29. The number of para-hydroxylation sites is 1. The van der Waals surface area contributed by atoms with Gasteiger partial charge >= 0.3 is 0 Å². The van der Waals surface area contributed by atoms with E-state index in [1.807, 2.05) is 36.1 Å². The van der Waals surface area contributed by atoms with E-state index in [0.717, 1.165) is 30.4 Å². The molecule has 0 radical (unpaired) electrons. The predicted molar refractivity (Wildman–Crippen MR) is 86.6 cm³/mol. The predicted octanol–water partition coefficient (Wildman–Crippen LogP) is 4.83. The van der Waals surface area contributed by atoms with Crippen molar-refractivity contribution in [3.63, 3.8) is 0 Å². The minimum absolute atomic E-state index is 0.115. The van der Waals surface area contributed by atoms with Crippen LogP contribution in [0.3, 0.4) is 0 Å².